The van der Waals surface area contributed by atoms with E-state index < -0.39 is 32.7 Å². The number of nitrogens with one attached hydrogen (secondary N) is 1. The van der Waals surface area contributed by atoms with Gasteiger partial charge in [-0.1, -0.05) is 11.6 Å². The maximum Gasteiger partial charge on any atom is 0.417 e. The maximum absolute atomic E-state index is 12.8. The Hall–Kier alpha value is -0.540. The first-order valence-corrected chi connectivity index (χ1v) is 7.03. The molecule has 0 amide bonds. The molecule has 1 aromatic rings. The Morgan fingerprint density at radius 3 is 2.40 bits per heavy atom. The number of alkyl halides is 3. The van der Waals surface area contributed by atoms with E-state index in [1.54, 1.807) is 0 Å². The number of hydrogen-bond acceptors (Lipinski definition) is 3. The summed E-state index contributed by atoms with van der Waals surface area (Å²) in [5.41, 5.74) is 3.93. The molecule has 0 fully saturated rings. The van der Waals surface area contributed by atoms with Gasteiger partial charge >= 0.3 is 6.18 Å². The second-order valence-corrected chi connectivity index (χ2v) is 6.02. The van der Waals surface area contributed by atoms with Gasteiger partial charge in [-0.05, 0) is 25.1 Å². The van der Waals surface area contributed by atoms with Crippen molar-refractivity contribution in [3.8, 4) is 0 Å². The summed E-state index contributed by atoms with van der Waals surface area (Å²) in [6.07, 6.45) is -4.82. The van der Waals surface area contributed by atoms with Gasteiger partial charge in [-0.25, -0.2) is 13.1 Å². The summed E-state index contributed by atoms with van der Waals surface area (Å²) < 4.78 is 64.2. The molecule has 4 nitrogen and oxygen atoms in total. The molecule has 0 saturated heterocycles. The van der Waals surface area contributed by atoms with E-state index in [1.807, 2.05) is 0 Å². The van der Waals surface area contributed by atoms with Gasteiger partial charge in [0.25, 0.3) is 0 Å². The lowest BCUT2D eigenvalue weighted by molar-refractivity contribution is -0.139. The van der Waals surface area contributed by atoms with Gasteiger partial charge in [0.2, 0.25) is 10.0 Å². The minimum absolute atomic E-state index is 0. The number of benzene rings is 1. The predicted molar refractivity (Wildman–Crippen MR) is 72.5 cm³/mol. The van der Waals surface area contributed by atoms with Crippen molar-refractivity contribution in [1.29, 1.82) is 0 Å². The molecule has 0 spiro atoms. The lowest BCUT2D eigenvalue weighted by atomic mass is 10.2. The summed E-state index contributed by atoms with van der Waals surface area (Å²) in [6, 6.07) is 1.79. The third-order valence-corrected chi connectivity index (χ3v) is 4.13. The number of halogens is 5. The van der Waals surface area contributed by atoms with Crippen LogP contribution in [-0.4, -0.2) is 21.0 Å². The van der Waals surface area contributed by atoms with E-state index >= 15 is 0 Å². The molecular formula is C10H13Cl2F3N2O2S. The molecular weight excluding hydrogens is 340 g/mol. The topological polar surface area (TPSA) is 72.2 Å². The molecule has 0 unspecified atom stereocenters. The normalized spacial score (nSPS) is 13.7. The van der Waals surface area contributed by atoms with Crippen molar-refractivity contribution in [2.24, 2.45) is 5.73 Å². The minimum Gasteiger partial charge on any atom is -0.329 e. The second-order valence-electron chi connectivity index (χ2n) is 3.90. The zero-order valence-electron chi connectivity index (χ0n) is 10.2. The van der Waals surface area contributed by atoms with Crippen LogP contribution in [0, 0.1) is 0 Å². The molecule has 0 aliphatic carbocycles. The smallest absolute Gasteiger partial charge is 0.329 e. The van der Waals surface area contributed by atoms with Crippen molar-refractivity contribution >= 4 is 34.0 Å². The first-order valence-electron chi connectivity index (χ1n) is 5.17. The van der Waals surface area contributed by atoms with Crippen LogP contribution in [-0.2, 0) is 16.2 Å². The summed E-state index contributed by atoms with van der Waals surface area (Å²) in [6.45, 7) is 1.41. The second kappa shape index (κ2) is 6.95. The van der Waals surface area contributed by atoms with E-state index in [0.29, 0.717) is 6.07 Å². The summed E-state index contributed by atoms with van der Waals surface area (Å²) in [5.74, 6) is 0. The van der Waals surface area contributed by atoms with E-state index in [1.165, 1.54) is 6.92 Å². The van der Waals surface area contributed by atoms with Crippen LogP contribution in [0.15, 0.2) is 23.1 Å². The van der Waals surface area contributed by atoms with Crippen molar-refractivity contribution in [1.82, 2.24) is 4.72 Å². The molecule has 116 valence electrons. The number of sulfonamides is 1. The zero-order chi connectivity index (χ0) is 14.8. The molecule has 10 heteroatoms. The SMILES string of the molecule is C[C@H](CN)NS(=O)(=O)c1ccc(Cl)cc1C(F)(F)F.Cl. The summed E-state index contributed by atoms with van der Waals surface area (Å²) >= 11 is 5.47. The van der Waals surface area contributed by atoms with Crippen LogP contribution in [0.4, 0.5) is 13.2 Å². The van der Waals surface area contributed by atoms with Gasteiger partial charge in [0.1, 0.15) is 0 Å². The molecule has 20 heavy (non-hydrogen) atoms. The Bertz CT molecular complexity index is 564. The fourth-order valence-corrected chi connectivity index (χ4v) is 2.97. The van der Waals surface area contributed by atoms with Gasteiger partial charge in [-0.2, -0.15) is 13.2 Å². The third kappa shape index (κ3) is 4.78. The molecule has 1 aromatic carbocycles. The highest BCUT2D eigenvalue weighted by molar-refractivity contribution is 7.89. The Balaban J connectivity index is 0.00000361. The van der Waals surface area contributed by atoms with Gasteiger partial charge in [-0.15, -0.1) is 12.4 Å². The van der Waals surface area contributed by atoms with E-state index in [2.05, 4.69) is 4.72 Å². The quantitative estimate of drug-likeness (QED) is 0.873. The van der Waals surface area contributed by atoms with Crippen LogP contribution < -0.4 is 10.5 Å². The van der Waals surface area contributed by atoms with Crippen LogP contribution >= 0.6 is 24.0 Å². The average Bonchev–Trinajstić information content (AvgIpc) is 2.26. The third-order valence-electron chi connectivity index (χ3n) is 2.25. The van der Waals surface area contributed by atoms with Crippen molar-refractivity contribution in [3.63, 3.8) is 0 Å². The monoisotopic (exact) mass is 352 g/mol. The molecule has 3 N–H and O–H groups in total. The van der Waals surface area contributed by atoms with E-state index in [0.717, 1.165) is 12.1 Å². The predicted octanol–water partition coefficient (Wildman–Crippen LogP) is 2.41. The van der Waals surface area contributed by atoms with E-state index in [9.17, 15) is 21.6 Å². The molecule has 0 aliphatic heterocycles. The first kappa shape index (κ1) is 19.5. The Morgan fingerprint density at radius 1 is 1.40 bits per heavy atom. The van der Waals surface area contributed by atoms with Crippen LogP contribution in [0.3, 0.4) is 0 Å². The highest BCUT2D eigenvalue weighted by Crippen LogP contribution is 2.35. The molecule has 0 aliphatic rings. The van der Waals surface area contributed by atoms with E-state index in [-0.39, 0.29) is 24.0 Å². The van der Waals surface area contributed by atoms with Crippen LogP contribution in [0.5, 0.6) is 0 Å². The molecule has 0 radical (unpaired) electrons. The molecule has 0 aromatic heterocycles. The average molecular weight is 353 g/mol. The molecule has 1 rings (SSSR count). The Morgan fingerprint density at radius 2 is 1.95 bits per heavy atom. The van der Waals surface area contributed by atoms with Gasteiger partial charge in [0.15, 0.2) is 0 Å². The van der Waals surface area contributed by atoms with E-state index in [4.69, 9.17) is 17.3 Å². The van der Waals surface area contributed by atoms with Gasteiger partial charge in [0.05, 0.1) is 10.5 Å². The maximum atomic E-state index is 12.8. The Labute approximate surface area is 125 Å². The molecule has 0 bridgehead atoms. The summed E-state index contributed by atoms with van der Waals surface area (Å²) in [7, 11) is -4.31. The molecule has 0 heterocycles. The highest BCUT2D eigenvalue weighted by atomic mass is 35.5. The van der Waals surface area contributed by atoms with Gasteiger partial charge in [0, 0.05) is 17.6 Å². The fourth-order valence-electron chi connectivity index (χ4n) is 1.33. The highest BCUT2D eigenvalue weighted by Gasteiger charge is 2.37. The summed E-state index contributed by atoms with van der Waals surface area (Å²) in [5, 5.41) is -0.196. The van der Waals surface area contributed by atoms with Crippen LogP contribution in [0.2, 0.25) is 5.02 Å². The number of rotatable bonds is 4. The summed E-state index contributed by atoms with van der Waals surface area (Å²) in [4.78, 5) is -0.871. The zero-order valence-corrected chi connectivity index (χ0v) is 12.6. The number of hydrogen-bond donors (Lipinski definition) is 2. The standard InChI is InChI=1S/C10H12ClF3N2O2S.ClH/c1-6(5-15)16-19(17,18)9-3-2-7(11)4-8(9)10(12,13)14;/h2-4,6,16H,5,15H2,1H3;1H/t6-;/m1./s1. The largest absolute Gasteiger partial charge is 0.417 e. The number of nitrogens with two attached hydrogens (primary N) is 1. The van der Waals surface area contributed by atoms with Crippen molar-refractivity contribution in [3.05, 3.63) is 28.8 Å². The van der Waals surface area contributed by atoms with Crippen molar-refractivity contribution in [2.45, 2.75) is 24.0 Å². The van der Waals surface area contributed by atoms with Crippen LogP contribution in [0.25, 0.3) is 0 Å². The van der Waals surface area contributed by atoms with Crippen LogP contribution in [0.1, 0.15) is 12.5 Å². The molecule has 0 saturated carbocycles. The van der Waals surface area contributed by atoms with Crippen molar-refractivity contribution < 1.29 is 21.6 Å². The van der Waals surface area contributed by atoms with Crippen molar-refractivity contribution in [2.75, 3.05) is 6.54 Å². The first-order chi connectivity index (χ1) is 8.58. The van der Waals surface area contributed by atoms with Gasteiger partial charge < -0.3 is 5.73 Å². The fraction of sp³-hybridized carbons (Fsp3) is 0.400. The Kier molecular flexibility index (Phi) is 6.76. The lowest BCUT2D eigenvalue weighted by Crippen LogP contribution is -2.38. The van der Waals surface area contributed by atoms with Gasteiger partial charge in [-0.3, -0.25) is 0 Å². The lowest BCUT2D eigenvalue weighted by Gasteiger charge is -2.16. The molecule has 1 atom stereocenters. The minimum atomic E-state index is -4.82.